The molecule has 0 aliphatic heterocycles. The van der Waals surface area contributed by atoms with Crippen LogP contribution in [0.1, 0.15) is 5.69 Å². The Morgan fingerprint density at radius 1 is 1.11 bits per heavy atom. The van der Waals surface area contributed by atoms with Crippen LogP contribution >= 0.6 is 0 Å². The number of fused-ring (bicyclic) bond motifs is 1. The lowest BCUT2D eigenvalue weighted by Crippen LogP contribution is -2.22. The van der Waals surface area contributed by atoms with E-state index in [2.05, 4.69) is 15.0 Å². The summed E-state index contributed by atoms with van der Waals surface area (Å²) >= 11 is 0. The van der Waals surface area contributed by atoms with E-state index in [9.17, 15) is 9.90 Å². The van der Waals surface area contributed by atoms with Gasteiger partial charge < -0.3 is 5.11 Å². The lowest BCUT2D eigenvalue weighted by molar-refractivity contribution is 0.274. The van der Waals surface area contributed by atoms with Crippen molar-refractivity contribution in [3.63, 3.8) is 0 Å². The molecular weight excluding hydrogens is 342 g/mol. The van der Waals surface area contributed by atoms with Crippen LogP contribution in [0.3, 0.4) is 0 Å². The highest BCUT2D eigenvalue weighted by Crippen LogP contribution is 2.28. The molecule has 0 amide bonds. The van der Waals surface area contributed by atoms with E-state index < -0.39 is 0 Å². The molecule has 0 aliphatic rings. The summed E-state index contributed by atoms with van der Waals surface area (Å²) in [5.74, 6) is 0. The number of pyridine rings is 3. The van der Waals surface area contributed by atoms with Gasteiger partial charge in [-0.3, -0.25) is 19.3 Å². The van der Waals surface area contributed by atoms with Gasteiger partial charge in [0, 0.05) is 35.4 Å². The van der Waals surface area contributed by atoms with Gasteiger partial charge in [-0.15, -0.1) is 0 Å². The molecule has 4 heterocycles. The summed E-state index contributed by atoms with van der Waals surface area (Å²) in [6.07, 6.45) is 6.55. The van der Waals surface area contributed by atoms with E-state index in [0.717, 1.165) is 16.8 Å². The highest BCUT2D eigenvalue weighted by molar-refractivity contribution is 5.93. The highest BCUT2D eigenvalue weighted by Gasteiger charge is 2.15. The number of hydrogen-bond donors (Lipinski definition) is 1. The molecule has 4 rings (SSSR count). The van der Waals surface area contributed by atoms with Crippen LogP contribution in [0.5, 0.6) is 0 Å². The van der Waals surface area contributed by atoms with Crippen LogP contribution in [-0.4, -0.2) is 36.2 Å². The van der Waals surface area contributed by atoms with Gasteiger partial charge in [-0.25, -0.2) is 9.97 Å². The fraction of sp³-hybridized carbons (Fsp3) is 0.150. The second-order valence-electron chi connectivity index (χ2n) is 6.15. The van der Waals surface area contributed by atoms with Crippen molar-refractivity contribution in [2.45, 2.75) is 13.5 Å². The van der Waals surface area contributed by atoms with Gasteiger partial charge in [0.25, 0.3) is 5.56 Å². The van der Waals surface area contributed by atoms with Gasteiger partial charge in [-0.2, -0.15) is 0 Å². The molecule has 0 fully saturated rings. The predicted octanol–water partition coefficient (Wildman–Crippen LogP) is 2.22. The molecule has 0 spiro atoms. The van der Waals surface area contributed by atoms with Crippen molar-refractivity contribution in [1.82, 2.24) is 24.5 Å². The minimum atomic E-state index is -0.220. The third kappa shape index (κ3) is 3.20. The molecule has 0 unspecified atom stereocenters. The summed E-state index contributed by atoms with van der Waals surface area (Å²) in [4.78, 5) is 30.5. The Hall–Kier alpha value is -3.45. The Balaban J connectivity index is 2.03. The van der Waals surface area contributed by atoms with Crippen LogP contribution in [0.4, 0.5) is 0 Å². The lowest BCUT2D eigenvalue weighted by atomic mass is 10.1. The molecular formula is C20H17N5O2. The van der Waals surface area contributed by atoms with E-state index in [1.165, 1.54) is 10.9 Å². The number of hydrogen-bond acceptors (Lipinski definition) is 6. The van der Waals surface area contributed by atoms with Crippen LogP contribution in [0.2, 0.25) is 0 Å². The molecule has 27 heavy (non-hydrogen) atoms. The largest absolute Gasteiger partial charge is 0.395 e. The minimum Gasteiger partial charge on any atom is -0.395 e. The van der Waals surface area contributed by atoms with Crippen molar-refractivity contribution < 1.29 is 5.11 Å². The Morgan fingerprint density at radius 3 is 2.70 bits per heavy atom. The molecule has 134 valence electrons. The van der Waals surface area contributed by atoms with Crippen molar-refractivity contribution >= 4 is 10.9 Å². The third-order valence-corrected chi connectivity index (χ3v) is 4.29. The van der Waals surface area contributed by atoms with E-state index in [1.807, 2.05) is 31.2 Å². The fourth-order valence-corrected chi connectivity index (χ4v) is 2.90. The summed E-state index contributed by atoms with van der Waals surface area (Å²) in [6, 6.07) is 9.25. The standard InChI is InChI=1S/C20H17N5O2/c1-13-4-5-14(11-22-13)17-9-16-19(23-12-25(7-8-26)20(16)27)18(24-17)15-3-2-6-21-10-15/h2-6,9-12,26H,7-8H2,1H3. The van der Waals surface area contributed by atoms with Crippen LogP contribution in [-0.2, 0) is 6.54 Å². The fourth-order valence-electron chi connectivity index (χ4n) is 2.90. The van der Waals surface area contributed by atoms with Crippen LogP contribution in [0, 0.1) is 6.92 Å². The summed E-state index contributed by atoms with van der Waals surface area (Å²) in [5, 5.41) is 9.63. The zero-order valence-corrected chi connectivity index (χ0v) is 14.7. The third-order valence-electron chi connectivity index (χ3n) is 4.29. The molecule has 0 aromatic carbocycles. The smallest absolute Gasteiger partial charge is 0.261 e. The van der Waals surface area contributed by atoms with Gasteiger partial charge in [-0.05, 0) is 37.3 Å². The Kier molecular flexibility index (Phi) is 4.43. The normalized spacial score (nSPS) is 11.0. The monoisotopic (exact) mass is 359 g/mol. The molecule has 4 aromatic heterocycles. The van der Waals surface area contributed by atoms with E-state index in [0.29, 0.717) is 22.3 Å². The van der Waals surface area contributed by atoms with Crippen molar-refractivity contribution in [3.8, 4) is 22.5 Å². The highest BCUT2D eigenvalue weighted by atomic mass is 16.3. The number of nitrogens with zero attached hydrogens (tertiary/aromatic N) is 5. The van der Waals surface area contributed by atoms with Gasteiger partial charge in [0.05, 0.1) is 36.3 Å². The molecule has 7 heteroatoms. The summed E-state index contributed by atoms with van der Waals surface area (Å²) in [5.41, 5.74) is 3.99. The van der Waals surface area contributed by atoms with Crippen molar-refractivity contribution in [3.05, 3.63) is 71.3 Å². The molecule has 1 N–H and O–H groups in total. The maximum atomic E-state index is 12.9. The van der Waals surface area contributed by atoms with Gasteiger partial charge >= 0.3 is 0 Å². The van der Waals surface area contributed by atoms with Crippen molar-refractivity contribution in [2.24, 2.45) is 0 Å². The second-order valence-corrected chi connectivity index (χ2v) is 6.15. The topological polar surface area (TPSA) is 93.8 Å². The molecule has 0 bridgehead atoms. The number of aromatic nitrogens is 5. The average Bonchev–Trinajstić information content (AvgIpc) is 2.71. The average molecular weight is 359 g/mol. The number of aliphatic hydroxyl groups is 1. The van der Waals surface area contributed by atoms with E-state index in [-0.39, 0.29) is 18.7 Å². The number of aryl methyl sites for hydroxylation is 1. The van der Waals surface area contributed by atoms with Gasteiger partial charge in [0.2, 0.25) is 0 Å². The molecule has 0 saturated carbocycles. The Morgan fingerprint density at radius 2 is 2.00 bits per heavy atom. The van der Waals surface area contributed by atoms with Gasteiger partial charge in [0.15, 0.2) is 0 Å². The molecule has 0 radical (unpaired) electrons. The van der Waals surface area contributed by atoms with Crippen molar-refractivity contribution in [2.75, 3.05) is 6.61 Å². The van der Waals surface area contributed by atoms with Gasteiger partial charge in [-0.1, -0.05) is 0 Å². The molecule has 0 saturated heterocycles. The number of aliphatic hydroxyl groups excluding tert-OH is 1. The zero-order chi connectivity index (χ0) is 18.8. The Bertz CT molecular complexity index is 1150. The summed E-state index contributed by atoms with van der Waals surface area (Å²) < 4.78 is 1.40. The minimum absolute atomic E-state index is 0.137. The number of rotatable bonds is 4. The first-order chi connectivity index (χ1) is 13.2. The first-order valence-electron chi connectivity index (χ1n) is 8.52. The molecule has 4 aromatic rings. The van der Waals surface area contributed by atoms with Crippen LogP contribution < -0.4 is 5.56 Å². The first kappa shape index (κ1) is 17.0. The second kappa shape index (κ2) is 7.05. The maximum Gasteiger partial charge on any atom is 0.261 e. The van der Waals surface area contributed by atoms with E-state index in [4.69, 9.17) is 4.98 Å². The first-order valence-corrected chi connectivity index (χ1v) is 8.52. The molecule has 0 atom stereocenters. The SMILES string of the molecule is Cc1ccc(-c2cc3c(=O)n(CCO)cnc3c(-c3cccnc3)n2)cn1. The maximum absolute atomic E-state index is 12.9. The predicted molar refractivity (Wildman–Crippen MR) is 102 cm³/mol. The van der Waals surface area contributed by atoms with Gasteiger partial charge in [0.1, 0.15) is 5.52 Å². The summed E-state index contributed by atoms with van der Waals surface area (Å²) in [6.45, 7) is 1.96. The summed E-state index contributed by atoms with van der Waals surface area (Å²) in [7, 11) is 0. The van der Waals surface area contributed by atoms with Crippen LogP contribution in [0.15, 0.2) is 60.0 Å². The molecule has 7 nitrogen and oxygen atoms in total. The Labute approximate surface area is 155 Å². The molecule has 0 aliphatic carbocycles. The lowest BCUT2D eigenvalue weighted by Gasteiger charge is -2.11. The zero-order valence-electron chi connectivity index (χ0n) is 14.7. The van der Waals surface area contributed by atoms with Crippen LogP contribution in [0.25, 0.3) is 33.4 Å². The van der Waals surface area contributed by atoms with Crippen molar-refractivity contribution in [1.29, 1.82) is 0 Å². The van der Waals surface area contributed by atoms with E-state index in [1.54, 1.807) is 24.7 Å². The van der Waals surface area contributed by atoms with E-state index >= 15 is 0 Å². The quantitative estimate of drug-likeness (QED) is 0.600.